The van der Waals surface area contributed by atoms with Crippen LogP contribution in [-0.2, 0) is 16.0 Å². The second-order valence-electron chi connectivity index (χ2n) is 9.87. The maximum Gasteiger partial charge on any atom is 0.310 e. The van der Waals surface area contributed by atoms with Crippen molar-refractivity contribution in [2.24, 2.45) is 11.7 Å². The Morgan fingerprint density at radius 3 is 2.33 bits per heavy atom. The topological polar surface area (TPSA) is 141 Å². The molecule has 0 bridgehead atoms. The van der Waals surface area contributed by atoms with Crippen LogP contribution >= 0.6 is 0 Å². The standard InChI is InChI=1S/C30H33NO8/c1-36-20-12-10-19(11-13-20)30-25(18-8-4-3-5-9-18)24(28(33)34)27(32)29(30,35)26-22(37-2)16-21(17-23(26)39-30)38-15-7-6-14-31/h3-5,8-13,16-17,24-25,27,32,35H,6-7,14-15,31H2,1-2H3,(H,33,34)/t24-,25-,27-,29+,30+/m0/s1. The van der Waals surface area contributed by atoms with Gasteiger partial charge in [0.2, 0.25) is 0 Å². The van der Waals surface area contributed by atoms with E-state index in [1.54, 1.807) is 60.7 Å². The Morgan fingerprint density at radius 2 is 1.72 bits per heavy atom. The lowest BCUT2D eigenvalue weighted by molar-refractivity contribution is -0.159. The van der Waals surface area contributed by atoms with Crippen LogP contribution in [0.2, 0.25) is 0 Å². The fraction of sp³-hybridized carbons (Fsp3) is 0.367. The minimum atomic E-state index is -2.19. The molecule has 0 aromatic heterocycles. The monoisotopic (exact) mass is 535 g/mol. The quantitative estimate of drug-likeness (QED) is 0.288. The molecule has 1 aliphatic carbocycles. The minimum Gasteiger partial charge on any atom is -0.497 e. The first kappa shape index (κ1) is 26.8. The van der Waals surface area contributed by atoms with E-state index >= 15 is 0 Å². The van der Waals surface area contributed by atoms with Gasteiger partial charge in [0.1, 0.15) is 29.1 Å². The van der Waals surface area contributed by atoms with Crippen molar-refractivity contribution in [3.63, 3.8) is 0 Å². The van der Waals surface area contributed by atoms with Gasteiger partial charge >= 0.3 is 5.97 Å². The molecule has 0 radical (unpaired) electrons. The lowest BCUT2D eigenvalue weighted by Gasteiger charge is -2.40. The molecule has 0 unspecified atom stereocenters. The van der Waals surface area contributed by atoms with Crippen molar-refractivity contribution in [3.8, 4) is 23.0 Å². The maximum absolute atomic E-state index is 12.7. The normalized spacial score (nSPS) is 26.8. The summed E-state index contributed by atoms with van der Waals surface area (Å²) in [4.78, 5) is 12.7. The van der Waals surface area contributed by atoms with Gasteiger partial charge in [0.15, 0.2) is 11.2 Å². The summed E-state index contributed by atoms with van der Waals surface area (Å²) < 4.78 is 23.7. The van der Waals surface area contributed by atoms with Gasteiger partial charge in [-0.2, -0.15) is 0 Å². The fourth-order valence-electron chi connectivity index (χ4n) is 6.18. The van der Waals surface area contributed by atoms with E-state index in [9.17, 15) is 20.1 Å². The molecule has 0 amide bonds. The first-order valence-electron chi connectivity index (χ1n) is 12.9. The molecule has 1 saturated carbocycles. The maximum atomic E-state index is 12.7. The third-order valence-corrected chi connectivity index (χ3v) is 7.87. The summed E-state index contributed by atoms with van der Waals surface area (Å²) in [5, 5.41) is 34.8. The Labute approximate surface area is 226 Å². The lowest BCUT2D eigenvalue weighted by atomic mass is 9.70. The van der Waals surface area contributed by atoms with E-state index in [1.165, 1.54) is 14.2 Å². The number of benzene rings is 3. The Bertz CT molecular complexity index is 1330. The van der Waals surface area contributed by atoms with Crippen LogP contribution in [0, 0.1) is 5.92 Å². The molecule has 5 rings (SSSR count). The van der Waals surface area contributed by atoms with Crippen LogP contribution in [-0.4, -0.2) is 54.8 Å². The molecule has 1 fully saturated rings. The van der Waals surface area contributed by atoms with Gasteiger partial charge in [-0.05, 0) is 42.6 Å². The molecule has 3 aromatic carbocycles. The van der Waals surface area contributed by atoms with E-state index in [-0.39, 0.29) is 17.1 Å². The molecular weight excluding hydrogens is 502 g/mol. The van der Waals surface area contributed by atoms with Crippen molar-refractivity contribution >= 4 is 5.97 Å². The van der Waals surface area contributed by atoms with Crippen LogP contribution in [0.15, 0.2) is 66.7 Å². The number of carboxylic acids is 1. The average Bonchev–Trinajstić information content (AvgIpc) is 3.33. The zero-order chi connectivity index (χ0) is 27.8. The Hall–Kier alpha value is -3.79. The number of hydrogen-bond acceptors (Lipinski definition) is 8. The molecule has 3 aromatic rings. The average molecular weight is 536 g/mol. The Kier molecular flexibility index (Phi) is 7.15. The summed E-state index contributed by atoms with van der Waals surface area (Å²) in [6.07, 6.45) is -0.180. The number of carboxylic acid groups (broad SMARTS) is 1. The highest BCUT2D eigenvalue weighted by atomic mass is 16.5. The molecule has 206 valence electrons. The summed E-state index contributed by atoms with van der Waals surface area (Å²) in [6.45, 7) is 0.976. The minimum absolute atomic E-state index is 0.173. The van der Waals surface area contributed by atoms with Crippen molar-refractivity contribution in [1.82, 2.24) is 0 Å². The molecule has 0 spiro atoms. The van der Waals surface area contributed by atoms with Crippen LogP contribution in [0.5, 0.6) is 23.0 Å². The Balaban J connectivity index is 1.76. The number of carbonyl (C=O) groups is 1. The fourth-order valence-corrected chi connectivity index (χ4v) is 6.18. The van der Waals surface area contributed by atoms with Gasteiger partial charge in [0, 0.05) is 18.1 Å². The number of aliphatic carboxylic acids is 1. The van der Waals surface area contributed by atoms with Crippen molar-refractivity contribution < 1.29 is 39.1 Å². The highest BCUT2D eigenvalue weighted by molar-refractivity contribution is 5.77. The number of fused-ring (bicyclic) bond motifs is 3. The van der Waals surface area contributed by atoms with Crippen LogP contribution in [0.4, 0.5) is 0 Å². The molecule has 5 atom stereocenters. The summed E-state index contributed by atoms with van der Waals surface area (Å²) in [5.74, 6) is -2.14. The lowest BCUT2D eigenvalue weighted by Crippen LogP contribution is -2.52. The zero-order valence-corrected chi connectivity index (χ0v) is 21.9. The van der Waals surface area contributed by atoms with Crippen LogP contribution < -0.4 is 24.7 Å². The second kappa shape index (κ2) is 10.4. The van der Waals surface area contributed by atoms with E-state index < -0.39 is 35.1 Å². The van der Waals surface area contributed by atoms with E-state index in [0.29, 0.717) is 35.8 Å². The SMILES string of the molecule is COc1ccc([C@]23Oc4cc(OCCCCN)cc(OC)c4[C@@]2(O)[C@@H](O)[C@@H](C(=O)O)[C@@H]3c2ccccc2)cc1. The molecule has 2 aliphatic rings. The number of methoxy groups -OCH3 is 2. The second-order valence-corrected chi connectivity index (χ2v) is 9.87. The van der Waals surface area contributed by atoms with Crippen LogP contribution in [0.3, 0.4) is 0 Å². The summed E-state index contributed by atoms with van der Waals surface area (Å²) in [6, 6.07) is 19.1. The largest absolute Gasteiger partial charge is 0.497 e. The molecule has 1 aliphatic heterocycles. The molecule has 1 heterocycles. The summed E-state index contributed by atoms with van der Waals surface area (Å²) in [7, 11) is 2.98. The smallest absolute Gasteiger partial charge is 0.310 e. The van der Waals surface area contributed by atoms with Gasteiger partial charge in [0.05, 0.1) is 32.3 Å². The highest BCUT2D eigenvalue weighted by Gasteiger charge is 2.78. The first-order valence-corrected chi connectivity index (χ1v) is 12.9. The number of hydrogen-bond donors (Lipinski definition) is 4. The number of ether oxygens (including phenoxy) is 4. The summed E-state index contributed by atoms with van der Waals surface area (Å²) >= 11 is 0. The van der Waals surface area contributed by atoms with Gasteiger partial charge in [0.25, 0.3) is 0 Å². The summed E-state index contributed by atoms with van der Waals surface area (Å²) in [5.41, 5.74) is 2.93. The number of nitrogens with two attached hydrogens (primary N) is 1. The van der Waals surface area contributed by atoms with E-state index in [1.807, 2.05) is 6.07 Å². The zero-order valence-electron chi connectivity index (χ0n) is 21.9. The van der Waals surface area contributed by atoms with Gasteiger partial charge in [-0.25, -0.2) is 0 Å². The van der Waals surface area contributed by atoms with E-state index in [4.69, 9.17) is 24.7 Å². The van der Waals surface area contributed by atoms with Crippen molar-refractivity contribution in [3.05, 3.63) is 83.4 Å². The molecule has 39 heavy (non-hydrogen) atoms. The number of aliphatic hydroxyl groups excluding tert-OH is 1. The van der Waals surface area contributed by atoms with Crippen molar-refractivity contribution in [1.29, 1.82) is 0 Å². The highest BCUT2D eigenvalue weighted by Crippen LogP contribution is 2.70. The van der Waals surface area contributed by atoms with Gasteiger partial charge in [-0.15, -0.1) is 0 Å². The van der Waals surface area contributed by atoms with Gasteiger partial charge < -0.3 is 40.0 Å². The van der Waals surface area contributed by atoms with Crippen molar-refractivity contribution in [2.45, 2.75) is 36.1 Å². The Morgan fingerprint density at radius 1 is 1.00 bits per heavy atom. The third-order valence-electron chi connectivity index (χ3n) is 7.87. The van der Waals surface area contributed by atoms with Crippen molar-refractivity contribution in [2.75, 3.05) is 27.4 Å². The van der Waals surface area contributed by atoms with Crippen LogP contribution in [0.1, 0.15) is 35.4 Å². The third kappa shape index (κ3) is 4.00. The predicted molar refractivity (Wildman–Crippen MR) is 142 cm³/mol. The molecule has 9 nitrogen and oxygen atoms in total. The molecule has 0 saturated heterocycles. The first-order chi connectivity index (χ1) is 18.8. The van der Waals surface area contributed by atoms with Gasteiger partial charge in [-0.3, -0.25) is 4.79 Å². The van der Waals surface area contributed by atoms with E-state index in [0.717, 1.165) is 12.8 Å². The molecule has 5 N–H and O–H groups in total. The predicted octanol–water partition coefficient (Wildman–Crippen LogP) is 3.16. The molecule has 9 heteroatoms. The van der Waals surface area contributed by atoms with Gasteiger partial charge in [-0.1, -0.05) is 42.5 Å². The number of aliphatic hydroxyl groups is 2. The molecular formula is C30H33NO8. The van der Waals surface area contributed by atoms with Crippen LogP contribution in [0.25, 0.3) is 0 Å². The number of rotatable bonds is 10. The number of unbranched alkanes of at least 4 members (excludes halogenated alkanes) is 1. The van der Waals surface area contributed by atoms with E-state index in [2.05, 4.69) is 0 Å².